The van der Waals surface area contributed by atoms with Crippen LogP contribution in [0.2, 0.25) is 0 Å². The molecule has 0 radical (unpaired) electrons. The summed E-state index contributed by atoms with van der Waals surface area (Å²) >= 11 is 0. The summed E-state index contributed by atoms with van der Waals surface area (Å²) in [4.78, 5) is 44.0. The smallest absolute Gasteiger partial charge is 0.273 e. The second-order valence-corrected chi connectivity index (χ2v) is 10.3. The third kappa shape index (κ3) is 6.43. The lowest BCUT2D eigenvalue weighted by Gasteiger charge is -2.18. The maximum Gasteiger partial charge on any atom is 0.273 e. The zero-order valence-electron chi connectivity index (χ0n) is 25.0. The Hall–Kier alpha value is -5.53. The second-order valence-electron chi connectivity index (χ2n) is 10.3. The Labute approximate surface area is 253 Å². The Morgan fingerprint density at radius 2 is 1.86 bits per heavy atom. The second kappa shape index (κ2) is 12.8. The molecular weight excluding hydrogens is 566 g/mol. The van der Waals surface area contributed by atoms with Gasteiger partial charge in [-0.1, -0.05) is 18.2 Å². The highest BCUT2D eigenvalue weighted by molar-refractivity contribution is 6.00. The first-order valence-corrected chi connectivity index (χ1v) is 13.9. The van der Waals surface area contributed by atoms with Crippen molar-refractivity contribution in [1.29, 1.82) is 0 Å². The minimum absolute atomic E-state index is 0.0241. The average molecular weight is 600 g/mol. The SMILES string of the molecule is CNC(=O)c1nnc(NC(=O)C2CC2)cc1Nc1cccc(-c2ccc(C(=O)N(C)Cc3cn(C)nc3OC)nc2)c1OC. The largest absolute Gasteiger partial charge is 0.494 e. The minimum atomic E-state index is -0.452. The van der Waals surface area contributed by atoms with Gasteiger partial charge in [-0.25, -0.2) is 0 Å². The van der Waals surface area contributed by atoms with E-state index in [9.17, 15) is 14.4 Å². The van der Waals surface area contributed by atoms with Crippen LogP contribution in [0.5, 0.6) is 11.6 Å². The molecule has 5 rings (SSSR count). The van der Waals surface area contributed by atoms with Crippen LogP contribution in [0.15, 0.2) is 48.8 Å². The van der Waals surface area contributed by atoms with Crippen molar-refractivity contribution in [3.8, 4) is 22.8 Å². The molecule has 4 aromatic rings. The zero-order chi connectivity index (χ0) is 31.4. The zero-order valence-corrected chi connectivity index (χ0v) is 25.0. The van der Waals surface area contributed by atoms with Gasteiger partial charge in [-0.15, -0.1) is 15.3 Å². The third-order valence-electron chi connectivity index (χ3n) is 7.03. The number of para-hydroxylation sites is 1. The van der Waals surface area contributed by atoms with Gasteiger partial charge in [0.25, 0.3) is 11.8 Å². The van der Waals surface area contributed by atoms with Gasteiger partial charge < -0.3 is 30.3 Å². The monoisotopic (exact) mass is 599 g/mol. The highest BCUT2D eigenvalue weighted by Gasteiger charge is 2.30. The molecule has 44 heavy (non-hydrogen) atoms. The lowest BCUT2D eigenvalue weighted by Crippen LogP contribution is -2.27. The first-order valence-electron chi connectivity index (χ1n) is 13.9. The summed E-state index contributed by atoms with van der Waals surface area (Å²) in [5, 5.41) is 20.8. The molecule has 1 aromatic carbocycles. The van der Waals surface area contributed by atoms with Crippen molar-refractivity contribution < 1.29 is 23.9 Å². The summed E-state index contributed by atoms with van der Waals surface area (Å²) in [5.74, 6) is 0.285. The van der Waals surface area contributed by atoms with Crippen LogP contribution in [0, 0.1) is 5.92 Å². The fraction of sp³-hybridized carbons (Fsp3) is 0.300. The van der Waals surface area contributed by atoms with Gasteiger partial charge in [-0.2, -0.15) is 0 Å². The quantitative estimate of drug-likeness (QED) is 0.233. The predicted molar refractivity (Wildman–Crippen MR) is 162 cm³/mol. The minimum Gasteiger partial charge on any atom is -0.494 e. The van der Waals surface area contributed by atoms with Crippen LogP contribution in [-0.2, 0) is 18.4 Å². The Balaban J connectivity index is 1.38. The molecule has 0 bridgehead atoms. The number of nitrogens with zero attached hydrogens (tertiary/aromatic N) is 6. The molecule has 0 atom stereocenters. The number of hydrogen-bond donors (Lipinski definition) is 3. The number of hydrogen-bond acceptors (Lipinski definition) is 10. The van der Waals surface area contributed by atoms with E-state index in [0.29, 0.717) is 40.7 Å². The molecule has 3 heterocycles. The van der Waals surface area contributed by atoms with Crippen LogP contribution in [0.4, 0.5) is 17.2 Å². The topological polar surface area (TPSA) is 165 Å². The van der Waals surface area contributed by atoms with Crippen LogP contribution in [0.1, 0.15) is 39.4 Å². The summed E-state index contributed by atoms with van der Waals surface area (Å²) in [6, 6.07) is 10.5. The summed E-state index contributed by atoms with van der Waals surface area (Å²) in [6.07, 6.45) is 5.08. The number of aryl methyl sites for hydroxylation is 1. The van der Waals surface area contributed by atoms with E-state index < -0.39 is 5.91 Å². The Morgan fingerprint density at radius 1 is 1.07 bits per heavy atom. The molecule has 14 heteroatoms. The van der Waals surface area contributed by atoms with Crippen molar-refractivity contribution in [2.45, 2.75) is 19.4 Å². The maximum atomic E-state index is 13.1. The lowest BCUT2D eigenvalue weighted by molar-refractivity contribution is -0.117. The van der Waals surface area contributed by atoms with E-state index in [0.717, 1.165) is 18.4 Å². The van der Waals surface area contributed by atoms with Crippen molar-refractivity contribution in [3.05, 3.63) is 65.7 Å². The number of amides is 3. The predicted octanol–water partition coefficient (Wildman–Crippen LogP) is 3.01. The van der Waals surface area contributed by atoms with Crippen LogP contribution in [-0.4, -0.2) is 75.9 Å². The first-order chi connectivity index (χ1) is 21.2. The fourth-order valence-corrected chi connectivity index (χ4v) is 4.64. The van der Waals surface area contributed by atoms with Gasteiger partial charge in [-0.3, -0.25) is 24.0 Å². The summed E-state index contributed by atoms with van der Waals surface area (Å²) < 4.78 is 12.7. The Bertz CT molecular complexity index is 1700. The number of carbonyl (C=O) groups excluding carboxylic acids is 3. The van der Waals surface area contributed by atoms with E-state index in [1.54, 1.807) is 60.3 Å². The van der Waals surface area contributed by atoms with Gasteiger partial charge >= 0.3 is 0 Å². The van der Waals surface area contributed by atoms with Crippen LogP contribution in [0.3, 0.4) is 0 Å². The summed E-state index contributed by atoms with van der Waals surface area (Å²) in [5.41, 5.74) is 3.35. The Morgan fingerprint density at radius 3 is 2.52 bits per heavy atom. The van der Waals surface area contributed by atoms with E-state index >= 15 is 0 Å². The summed E-state index contributed by atoms with van der Waals surface area (Å²) in [6.45, 7) is 0.300. The Kier molecular flexibility index (Phi) is 8.69. The van der Waals surface area contributed by atoms with Gasteiger partial charge in [-0.05, 0) is 25.0 Å². The van der Waals surface area contributed by atoms with Crippen molar-refractivity contribution in [2.75, 3.05) is 38.9 Å². The van der Waals surface area contributed by atoms with Crippen molar-refractivity contribution in [2.24, 2.45) is 13.0 Å². The van der Waals surface area contributed by atoms with Crippen LogP contribution in [0.25, 0.3) is 11.1 Å². The fourth-order valence-electron chi connectivity index (χ4n) is 4.64. The van der Waals surface area contributed by atoms with Crippen LogP contribution < -0.4 is 25.4 Å². The molecule has 1 aliphatic rings. The molecule has 0 spiro atoms. The van der Waals surface area contributed by atoms with Crippen molar-refractivity contribution >= 4 is 34.9 Å². The molecule has 0 unspecified atom stereocenters. The first kappa shape index (κ1) is 29.9. The molecule has 3 N–H and O–H groups in total. The summed E-state index contributed by atoms with van der Waals surface area (Å²) in [7, 11) is 8.03. The number of benzene rings is 1. The van der Waals surface area contributed by atoms with Crippen molar-refractivity contribution in [1.82, 2.24) is 35.2 Å². The normalized spacial score (nSPS) is 12.3. The van der Waals surface area contributed by atoms with E-state index in [4.69, 9.17) is 9.47 Å². The van der Waals surface area contributed by atoms with Gasteiger partial charge in [0.05, 0.1) is 37.7 Å². The lowest BCUT2D eigenvalue weighted by atomic mass is 10.0. The average Bonchev–Trinajstić information content (AvgIpc) is 3.83. The third-order valence-corrected chi connectivity index (χ3v) is 7.03. The maximum absolute atomic E-state index is 13.1. The molecule has 1 saturated carbocycles. The van der Waals surface area contributed by atoms with Gasteiger partial charge in [0.1, 0.15) is 11.4 Å². The van der Waals surface area contributed by atoms with Gasteiger partial charge in [0.15, 0.2) is 11.5 Å². The molecule has 3 aromatic heterocycles. The van der Waals surface area contributed by atoms with E-state index in [-0.39, 0.29) is 34.9 Å². The number of carbonyl (C=O) groups is 3. The molecule has 14 nitrogen and oxygen atoms in total. The number of aromatic nitrogens is 5. The van der Waals surface area contributed by atoms with Gasteiger partial charge in [0.2, 0.25) is 11.8 Å². The number of anilines is 3. The van der Waals surface area contributed by atoms with E-state index in [2.05, 4.69) is 36.2 Å². The van der Waals surface area contributed by atoms with Crippen molar-refractivity contribution in [3.63, 3.8) is 0 Å². The number of methoxy groups -OCH3 is 2. The molecule has 228 valence electrons. The molecule has 0 saturated heterocycles. The number of ether oxygens (including phenoxy) is 2. The molecule has 0 aliphatic heterocycles. The van der Waals surface area contributed by atoms with Crippen LogP contribution >= 0.6 is 0 Å². The number of pyridine rings is 1. The number of rotatable bonds is 11. The van der Waals surface area contributed by atoms with E-state index in [1.165, 1.54) is 21.3 Å². The molecule has 1 aliphatic carbocycles. The highest BCUT2D eigenvalue weighted by Crippen LogP contribution is 2.38. The molecule has 1 fully saturated rings. The highest BCUT2D eigenvalue weighted by atomic mass is 16.5. The standard InChI is InChI=1S/C30H33N9O5/c1-31-28(41)25-23(13-24(35-36-25)34-27(40)17-9-10-17)33-21-8-6-7-20(26(21)43-4)18-11-12-22(32-14-18)30(42)38(2)15-19-16-39(3)37-29(19)44-5/h6-8,11-14,16-17H,9-10,15H2,1-5H3,(H,31,41)(H2,33,34,35,40). The number of nitrogens with one attached hydrogen (secondary N) is 3. The van der Waals surface area contributed by atoms with E-state index in [1.807, 2.05) is 12.1 Å². The molecular formula is C30H33N9O5. The molecule has 3 amide bonds. The van der Waals surface area contributed by atoms with Gasteiger partial charge in [0, 0.05) is 56.6 Å².